The molecule has 1 unspecified atom stereocenters. The van der Waals surface area contributed by atoms with Crippen molar-refractivity contribution in [1.82, 2.24) is 10.6 Å². The molecule has 0 saturated carbocycles. The third kappa shape index (κ3) is 7.37. The lowest BCUT2D eigenvalue weighted by Gasteiger charge is -2.20. The third-order valence-corrected chi connectivity index (χ3v) is 4.05. The van der Waals surface area contributed by atoms with Crippen molar-refractivity contribution >= 4 is 17.8 Å². The summed E-state index contributed by atoms with van der Waals surface area (Å²) in [7, 11) is 0. The van der Waals surface area contributed by atoms with Crippen LogP contribution in [0.3, 0.4) is 0 Å². The Morgan fingerprint density at radius 1 is 1.07 bits per heavy atom. The Kier molecular flexibility index (Phi) is 7.88. The van der Waals surface area contributed by atoms with E-state index in [1.54, 1.807) is 13.8 Å². The van der Waals surface area contributed by atoms with Crippen LogP contribution < -0.4 is 10.6 Å². The van der Waals surface area contributed by atoms with Crippen molar-refractivity contribution in [2.45, 2.75) is 39.3 Å². The number of halogens is 1. The number of aryl methyl sites for hydroxylation is 1. The minimum atomic E-state index is -0.597. The van der Waals surface area contributed by atoms with E-state index in [4.69, 9.17) is 4.74 Å². The molecule has 0 saturated heterocycles. The molecule has 1 atom stereocenters. The molecule has 7 heteroatoms. The second kappa shape index (κ2) is 10.4. The summed E-state index contributed by atoms with van der Waals surface area (Å²) in [5.41, 5.74) is 1.92. The van der Waals surface area contributed by atoms with Gasteiger partial charge in [-0.25, -0.2) is 4.39 Å². The summed E-state index contributed by atoms with van der Waals surface area (Å²) < 4.78 is 18.4. The fourth-order valence-electron chi connectivity index (χ4n) is 2.67. The van der Waals surface area contributed by atoms with E-state index in [9.17, 15) is 18.8 Å². The average Bonchev–Trinajstić information content (AvgIpc) is 2.65. The molecule has 2 amide bonds. The van der Waals surface area contributed by atoms with Gasteiger partial charge in [-0.2, -0.15) is 0 Å². The van der Waals surface area contributed by atoms with Gasteiger partial charge in [0.05, 0.1) is 25.1 Å². The minimum Gasteiger partial charge on any atom is -0.463 e. The van der Waals surface area contributed by atoms with Crippen LogP contribution in [0.5, 0.6) is 0 Å². The monoisotopic (exact) mass is 400 g/mol. The van der Waals surface area contributed by atoms with E-state index in [0.29, 0.717) is 0 Å². The molecule has 6 nitrogen and oxygen atoms in total. The molecule has 2 aromatic rings. The molecule has 0 fully saturated rings. The Morgan fingerprint density at radius 3 is 2.38 bits per heavy atom. The lowest BCUT2D eigenvalue weighted by Crippen LogP contribution is -2.39. The lowest BCUT2D eigenvalue weighted by molar-refractivity contribution is -0.148. The smallest absolute Gasteiger partial charge is 0.308 e. The fourth-order valence-corrected chi connectivity index (χ4v) is 2.67. The number of rotatable bonds is 8. The first-order chi connectivity index (χ1) is 13.7. The van der Waals surface area contributed by atoms with Crippen LogP contribution in [-0.2, 0) is 14.3 Å². The number of carbonyl (C=O) groups excluding carboxylic acids is 3. The molecule has 154 valence electrons. The SMILES string of the molecule is Cc1ccc(C(CC(=O)OC(C)C)NC(=O)CNC(=O)c2cccc(F)c2)cc1. The van der Waals surface area contributed by atoms with Gasteiger partial charge in [0.1, 0.15) is 5.82 Å². The number of nitrogens with one attached hydrogen (secondary N) is 2. The lowest BCUT2D eigenvalue weighted by atomic mass is 10.0. The fraction of sp³-hybridized carbons (Fsp3) is 0.318. The molecular weight excluding hydrogens is 375 g/mol. The number of ether oxygens (including phenoxy) is 1. The number of amides is 2. The molecule has 0 aliphatic rings. The molecule has 0 aliphatic carbocycles. The standard InChI is InChI=1S/C22H25FN2O4/c1-14(2)29-21(27)12-19(16-9-7-15(3)8-10-16)25-20(26)13-24-22(28)17-5-4-6-18(23)11-17/h4-11,14,19H,12-13H2,1-3H3,(H,24,28)(H,25,26). The zero-order chi connectivity index (χ0) is 21.4. The second-order valence-electron chi connectivity index (χ2n) is 6.97. The summed E-state index contributed by atoms with van der Waals surface area (Å²) in [6, 6.07) is 12.0. The van der Waals surface area contributed by atoms with Gasteiger partial charge >= 0.3 is 5.97 Å². The van der Waals surface area contributed by atoms with Gasteiger partial charge in [-0.05, 0) is 44.5 Å². The van der Waals surface area contributed by atoms with Gasteiger partial charge in [0.15, 0.2) is 0 Å². The summed E-state index contributed by atoms with van der Waals surface area (Å²) in [5.74, 6) is -2.01. The van der Waals surface area contributed by atoms with E-state index in [1.165, 1.54) is 18.2 Å². The Balaban J connectivity index is 2.01. The van der Waals surface area contributed by atoms with Gasteiger partial charge < -0.3 is 15.4 Å². The summed E-state index contributed by atoms with van der Waals surface area (Å²) >= 11 is 0. The Morgan fingerprint density at radius 2 is 1.76 bits per heavy atom. The van der Waals surface area contributed by atoms with Gasteiger partial charge in [-0.3, -0.25) is 14.4 Å². The van der Waals surface area contributed by atoms with Gasteiger partial charge in [0.2, 0.25) is 5.91 Å². The number of benzene rings is 2. The van der Waals surface area contributed by atoms with E-state index in [2.05, 4.69) is 10.6 Å². The van der Waals surface area contributed by atoms with E-state index in [0.717, 1.165) is 17.2 Å². The third-order valence-electron chi connectivity index (χ3n) is 4.05. The minimum absolute atomic E-state index is 0.0369. The van der Waals surface area contributed by atoms with Gasteiger partial charge in [-0.1, -0.05) is 35.9 Å². The van der Waals surface area contributed by atoms with Crippen molar-refractivity contribution in [2.75, 3.05) is 6.54 Å². The van der Waals surface area contributed by atoms with Crippen molar-refractivity contribution in [3.05, 3.63) is 71.0 Å². The molecule has 0 radical (unpaired) electrons. The molecule has 2 rings (SSSR count). The van der Waals surface area contributed by atoms with Crippen molar-refractivity contribution in [3.8, 4) is 0 Å². The van der Waals surface area contributed by atoms with E-state index >= 15 is 0 Å². The van der Waals surface area contributed by atoms with E-state index < -0.39 is 29.6 Å². The summed E-state index contributed by atoms with van der Waals surface area (Å²) in [4.78, 5) is 36.5. The first-order valence-electron chi connectivity index (χ1n) is 9.33. The summed E-state index contributed by atoms with van der Waals surface area (Å²) in [6.45, 7) is 5.13. The average molecular weight is 400 g/mol. The molecule has 2 aromatic carbocycles. The van der Waals surface area contributed by atoms with Gasteiger partial charge in [0, 0.05) is 5.56 Å². The quantitative estimate of drug-likeness (QED) is 0.667. The zero-order valence-electron chi connectivity index (χ0n) is 16.7. The molecule has 0 aliphatic heterocycles. The van der Waals surface area contributed by atoms with Crippen LogP contribution in [0, 0.1) is 12.7 Å². The Labute approximate surface area is 169 Å². The van der Waals surface area contributed by atoms with Crippen molar-refractivity contribution in [3.63, 3.8) is 0 Å². The molecule has 0 spiro atoms. The van der Waals surface area contributed by atoms with E-state index in [-0.39, 0.29) is 24.6 Å². The summed E-state index contributed by atoms with van der Waals surface area (Å²) in [6.07, 6.45) is -0.299. The predicted molar refractivity (Wildman–Crippen MR) is 107 cm³/mol. The predicted octanol–water partition coefficient (Wildman–Crippen LogP) is 3.06. The van der Waals surface area contributed by atoms with Crippen molar-refractivity contribution < 1.29 is 23.5 Å². The van der Waals surface area contributed by atoms with Crippen LogP contribution in [0.1, 0.15) is 47.8 Å². The maximum Gasteiger partial charge on any atom is 0.308 e. The van der Waals surface area contributed by atoms with Gasteiger partial charge in [-0.15, -0.1) is 0 Å². The molecule has 0 aromatic heterocycles. The van der Waals surface area contributed by atoms with Crippen LogP contribution in [0.4, 0.5) is 4.39 Å². The highest BCUT2D eigenvalue weighted by Crippen LogP contribution is 2.18. The first kappa shape index (κ1) is 22.1. The molecule has 0 bridgehead atoms. The van der Waals surface area contributed by atoms with Crippen LogP contribution in [0.25, 0.3) is 0 Å². The van der Waals surface area contributed by atoms with E-state index in [1.807, 2.05) is 31.2 Å². The van der Waals surface area contributed by atoms with Crippen molar-refractivity contribution in [2.24, 2.45) is 0 Å². The molecule has 2 N–H and O–H groups in total. The maximum atomic E-state index is 13.2. The van der Waals surface area contributed by atoms with Crippen LogP contribution in [0.15, 0.2) is 48.5 Å². The Hall–Kier alpha value is -3.22. The largest absolute Gasteiger partial charge is 0.463 e. The highest BCUT2D eigenvalue weighted by molar-refractivity contribution is 5.96. The number of carbonyl (C=O) groups is 3. The Bertz CT molecular complexity index is 865. The normalized spacial score (nSPS) is 11.6. The topological polar surface area (TPSA) is 84.5 Å². The number of hydrogen-bond donors (Lipinski definition) is 2. The van der Waals surface area contributed by atoms with Crippen molar-refractivity contribution in [1.29, 1.82) is 0 Å². The maximum absolute atomic E-state index is 13.2. The highest BCUT2D eigenvalue weighted by atomic mass is 19.1. The molecule has 0 heterocycles. The number of hydrogen-bond acceptors (Lipinski definition) is 4. The number of esters is 1. The van der Waals surface area contributed by atoms with Gasteiger partial charge in [0.25, 0.3) is 5.91 Å². The van der Waals surface area contributed by atoms with Crippen LogP contribution in [-0.4, -0.2) is 30.4 Å². The second-order valence-corrected chi connectivity index (χ2v) is 6.97. The summed E-state index contributed by atoms with van der Waals surface area (Å²) in [5, 5.41) is 5.19. The first-order valence-corrected chi connectivity index (χ1v) is 9.33. The molecular formula is C22H25FN2O4. The van der Waals surface area contributed by atoms with Crippen LogP contribution >= 0.6 is 0 Å². The highest BCUT2D eigenvalue weighted by Gasteiger charge is 2.20. The molecule has 29 heavy (non-hydrogen) atoms. The zero-order valence-corrected chi connectivity index (χ0v) is 16.7. The van der Waals surface area contributed by atoms with Crippen LogP contribution in [0.2, 0.25) is 0 Å².